The fraction of sp³-hybridized carbons (Fsp3) is 0.696. The normalized spacial score (nSPS) is 21.8. The fourth-order valence-electron chi connectivity index (χ4n) is 4.42. The van der Waals surface area contributed by atoms with Crippen molar-refractivity contribution in [2.75, 3.05) is 19.7 Å². The highest BCUT2D eigenvalue weighted by atomic mass is 19.4. The van der Waals surface area contributed by atoms with E-state index in [4.69, 9.17) is 29.3 Å². The lowest BCUT2D eigenvalue weighted by molar-refractivity contribution is -0.206. The molecule has 210 valence electrons. The van der Waals surface area contributed by atoms with Gasteiger partial charge in [0.1, 0.15) is 0 Å². The molecule has 37 heavy (non-hydrogen) atoms. The van der Waals surface area contributed by atoms with Crippen LogP contribution < -0.4 is 0 Å². The summed E-state index contributed by atoms with van der Waals surface area (Å²) >= 11 is 0. The molecule has 1 unspecified atom stereocenters. The van der Waals surface area contributed by atoms with Crippen molar-refractivity contribution < 1.29 is 55.6 Å². The van der Waals surface area contributed by atoms with Crippen molar-refractivity contribution in [3.05, 3.63) is 29.6 Å². The Hall–Kier alpha value is -2.45. The van der Waals surface area contributed by atoms with Gasteiger partial charge in [-0.3, -0.25) is 9.88 Å². The van der Waals surface area contributed by atoms with Gasteiger partial charge in [-0.05, 0) is 43.4 Å². The molecular formula is C23H30F6N2O6. The number of alkyl halides is 6. The Morgan fingerprint density at radius 2 is 1.62 bits per heavy atom. The van der Waals surface area contributed by atoms with E-state index in [1.54, 1.807) is 0 Å². The third-order valence-electron chi connectivity index (χ3n) is 6.38. The van der Waals surface area contributed by atoms with Gasteiger partial charge in [0.05, 0.1) is 18.3 Å². The maximum Gasteiger partial charge on any atom is 0.490 e. The smallest absolute Gasteiger partial charge is 0.475 e. The van der Waals surface area contributed by atoms with Crippen molar-refractivity contribution >= 4 is 11.9 Å². The molecule has 3 fully saturated rings. The second-order valence-corrected chi connectivity index (χ2v) is 9.21. The molecule has 0 amide bonds. The Labute approximate surface area is 209 Å². The number of nitrogens with zero attached hydrogens (tertiary/aromatic N) is 2. The average molecular weight is 544 g/mol. The number of hydrogen-bond donors (Lipinski definition) is 2. The molecule has 1 spiro atoms. The zero-order valence-electron chi connectivity index (χ0n) is 20.1. The van der Waals surface area contributed by atoms with Gasteiger partial charge in [-0.1, -0.05) is 12.8 Å². The molecule has 3 aliphatic rings. The molecule has 0 bridgehead atoms. The van der Waals surface area contributed by atoms with Crippen LogP contribution in [-0.2, 0) is 25.7 Å². The van der Waals surface area contributed by atoms with Crippen LogP contribution in [0.1, 0.15) is 49.7 Å². The predicted octanol–water partition coefficient (Wildman–Crippen LogP) is 4.35. The summed E-state index contributed by atoms with van der Waals surface area (Å²) in [6.45, 7) is 5.87. The van der Waals surface area contributed by atoms with Gasteiger partial charge in [0.15, 0.2) is 0 Å². The minimum atomic E-state index is -5.08. The number of halogens is 6. The number of rotatable bonds is 4. The molecule has 1 aliphatic carbocycles. The summed E-state index contributed by atoms with van der Waals surface area (Å²) in [4.78, 5) is 24.6. The summed E-state index contributed by atoms with van der Waals surface area (Å²) in [5, 5.41) is 14.2. The zero-order chi connectivity index (χ0) is 27.9. The molecule has 1 saturated carbocycles. The number of aromatic nitrogens is 1. The van der Waals surface area contributed by atoms with Crippen LogP contribution in [0.2, 0.25) is 0 Å². The number of aryl methyl sites for hydroxylation is 1. The van der Waals surface area contributed by atoms with E-state index in [-0.39, 0.29) is 5.60 Å². The van der Waals surface area contributed by atoms with Crippen LogP contribution in [0.15, 0.2) is 18.5 Å². The number of ether oxygens (including phenoxy) is 2. The first kappa shape index (κ1) is 30.8. The van der Waals surface area contributed by atoms with Gasteiger partial charge in [-0.25, -0.2) is 9.59 Å². The molecular weight excluding hydrogens is 514 g/mol. The van der Waals surface area contributed by atoms with Gasteiger partial charge in [0.2, 0.25) is 0 Å². The lowest BCUT2D eigenvalue weighted by atomic mass is 9.83. The quantitative estimate of drug-likeness (QED) is 0.539. The molecule has 4 rings (SSSR count). The minimum absolute atomic E-state index is 0.0789. The molecule has 3 heterocycles. The molecule has 0 aromatic carbocycles. The third-order valence-corrected chi connectivity index (χ3v) is 6.38. The van der Waals surface area contributed by atoms with E-state index in [0.717, 1.165) is 38.6 Å². The number of likely N-dealkylation sites (tertiary alicyclic amines) is 1. The molecule has 8 nitrogen and oxygen atoms in total. The van der Waals surface area contributed by atoms with Crippen LogP contribution in [0.4, 0.5) is 26.3 Å². The Kier molecular flexibility index (Phi) is 10.7. The van der Waals surface area contributed by atoms with Gasteiger partial charge in [-0.15, -0.1) is 0 Å². The highest BCUT2D eigenvalue weighted by Crippen LogP contribution is 2.39. The van der Waals surface area contributed by atoms with Crippen molar-refractivity contribution in [3.8, 4) is 0 Å². The van der Waals surface area contributed by atoms with E-state index < -0.39 is 24.3 Å². The van der Waals surface area contributed by atoms with E-state index in [1.807, 2.05) is 12.4 Å². The molecule has 1 atom stereocenters. The first-order valence-corrected chi connectivity index (χ1v) is 11.6. The average Bonchev–Trinajstić information content (AvgIpc) is 3.31. The number of carboxylic acids is 2. The Bertz CT molecular complexity index is 874. The summed E-state index contributed by atoms with van der Waals surface area (Å²) < 4.78 is 75.8. The zero-order valence-corrected chi connectivity index (χ0v) is 20.1. The highest BCUT2D eigenvalue weighted by molar-refractivity contribution is 5.73. The van der Waals surface area contributed by atoms with Crippen LogP contribution in [0, 0.1) is 6.92 Å². The Balaban J connectivity index is 0.000000286. The summed E-state index contributed by atoms with van der Waals surface area (Å²) in [6.07, 6.45) is 1.58. The lowest BCUT2D eigenvalue weighted by Crippen LogP contribution is -2.67. The second-order valence-electron chi connectivity index (χ2n) is 9.21. The number of aliphatic carboxylic acids is 2. The van der Waals surface area contributed by atoms with Crippen LogP contribution in [0.25, 0.3) is 0 Å². The maximum atomic E-state index is 10.6. The Morgan fingerprint density at radius 1 is 1.08 bits per heavy atom. The number of carbonyl (C=O) groups is 2. The molecule has 14 heteroatoms. The molecule has 0 radical (unpaired) electrons. The van der Waals surface area contributed by atoms with Crippen molar-refractivity contribution in [1.29, 1.82) is 0 Å². The monoisotopic (exact) mass is 544 g/mol. The van der Waals surface area contributed by atoms with E-state index in [1.165, 1.54) is 36.8 Å². The number of hydrogen-bond acceptors (Lipinski definition) is 6. The largest absolute Gasteiger partial charge is 0.490 e. The van der Waals surface area contributed by atoms with E-state index in [0.29, 0.717) is 12.7 Å². The molecule has 2 saturated heterocycles. The van der Waals surface area contributed by atoms with Gasteiger partial charge < -0.3 is 19.7 Å². The van der Waals surface area contributed by atoms with Crippen molar-refractivity contribution in [2.24, 2.45) is 0 Å². The van der Waals surface area contributed by atoms with Gasteiger partial charge in [0, 0.05) is 44.6 Å². The summed E-state index contributed by atoms with van der Waals surface area (Å²) in [7, 11) is 0. The maximum absolute atomic E-state index is 10.6. The van der Waals surface area contributed by atoms with Gasteiger partial charge in [-0.2, -0.15) is 26.3 Å². The topological polar surface area (TPSA) is 109 Å². The van der Waals surface area contributed by atoms with Crippen LogP contribution in [0.5, 0.6) is 0 Å². The fourth-order valence-corrected chi connectivity index (χ4v) is 4.42. The standard InChI is InChI=1S/C19H28N2O2.2C2HF3O2/c1-15-6-8-20-11-16(15)12-22-18-7-9-23-19(10-18)13-21(14-19)17-4-2-3-5-17;2*3-2(4,5)1(6)7/h6,8,11,17-18H,2-5,7,9-10,12-14H2,1H3;2*(H,6,7). The van der Waals surface area contributed by atoms with Crippen molar-refractivity contribution in [1.82, 2.24) is 9.88 Å². The molecule has 1 aromatic heterocycles. The lowest BCUT2D eigenvalue weighted by Gasteiger charge is -2.55. The number of pyridine rings is 1. The minimum Gasteiger partial charge on any atom is -0.475 e. The summed E-state index contributed by atoms with van der Waals surface area (Å²) in [5.74, 6) is -5.51. The third kappa shape index (κ3) is 9.74. The van der Waals surface area contributed by atoms with Crippen LogP contribution in [-0.4, -0.2) is 81.8 Å². The first-order chi connectivity index (χ1) is 17.1. The van der Waals surface area contributed by atoms with Crippen LogP contribution >= 0.6 is 0 Å². The predicted molar refractivity (Wildman–Crippen MR) is 117 cm³/mol. The van der Waals surface area contributed by atoms with E-state index >= 15 is 0 Å². The van der Waals surface area contributed by atoms with Gasteiger partial charge in [0.25, 0.3) is 0 Å². The van der Waals surface area contributed by atoms with Crippen molar-refractivity contribution in [3.63, 3.8) is 0 Å². The summed E-state index contributed by atoms with van der Waals surface area (Å²) in [6, 6.07) is 2.87. The SMILES string of the molecule is Cc1ccncc1COC1CCOC2(C1)CN(C1CCCC1)C2.O=C(O)C(F)(F)F.O=C(O)C(F)(F)F. The van der Waals surface area contributed by atoms with Gasteiger partial charge >= 0.3 is 24.3 Å². The molecule has 2 N–H and O–H groups in total. The second kappa shape index (κ2) is 12.9. The molecule has 2 aliphatic heterocycles. The molecule has 1 aromatic rings. The first-order valence-electron chi connectivity index (χ1n) is 11.6. The Morgan fingerprint density at radius 3 is 2.11 bits per heavy atom. The highest BCUT2D eigenvalue weighted by Gasteiger charge is 2.49. The van der Waals surface area contributed by atoms with Crippen LogP contribution in [0.3, 0.4) is 0 Å². The number of carboxylic acid groups (broad SMARTS) is 2. The van der Waals surface area contributed by atoms with Crippen molar-refractivity contribution in [2.45, 2.75) is 82.2 Å². The van der Waals surface area contributed by atoms with E-state index in [9.17, 15) is 26.3 Å². The van der Waals surface area contributed by atoms with E-state index in [2.05, 4.69) is 22.9 Å². The summed E-state index contributed by atoms with van der Waals surface area (Å²) in [5.41, 5.74) is 2.54.